The molecule has 0 spiro atoms. The van der Waals surface area contributed by atoms with Crippen molar-refractivity contribution in [3.8, 4) is 0 Å². The van der Waals surface area contributed by atoms with Crippen LogP contribution in [0, 0.1) is 13.8 Å². The maximum atomic E-state index is 12.1. The smallest absolute Gasteiger partial charge is 0.254 e. The minimum Gasteiger partial charge on any atom is -0.353 e. The van der Waals surface area contributed by atoms with Crippen molar-refractivity contribution >= 4 is 5.91 Å². The number of H-pyrrole nitrogens is 1. The van der Waals surface area contributed by atoms with E-state index in [-0.39, 0.29) is 23.9 Å². The highest BCUT2D eigenvalue weighted by Gasteiger charge is 2.13. The van der Waals surface area contributed by atoms with Crippen LogP contribution in [0.1, 0.15) is 36.0 Å². The van der Waals surface area contributed by atoms with E-state index in [0.29, 0.717) is 17.1 Å². The second-order valence-electron chi connectivity index (χ2n) is 5.88. The molecule has 1 aromatic heterocycles. The van der Waals surface area contributed by atoms with Crippen molar-refractivity contribution < 1.29 is 4.79 Å². The zero-order valence-corrected chi connectivity index (χ0v) is 13.8. The van der Waals surface area contributed by atoms with Crippen LogP contribution >= 0.6 is 0 Å². The van der Waals surface area contributed by atoms with Gasteiger partial charge < -0.3 is 10.3 Å². The summed E-state index contributed by atoms with van der Waals surface area (Å²) in [6, 6.07) is 10.2. The van der Waals surface area contributed by atoms with E-state index in [2.05, 4.69) is 27.4 Å². The van der Waals surface area contributed by atoms with Crippen LogP contribution in [0.25, 0.3) is 0 Å². The normalized spacial score (nSPS) is 12.0. The average Bonchev–Trinajstić information content (AvgIpc) is 2.50. The molecule has 122 valence electrons. The number of carbonyl (C=O) groups is 1. The standard InChI is InChI=1S/C18H23N3O2/c1-12(9-10-15-7-5-4-6-8-15)19-17(22)11-16-13(2)20-14(3)21-18(16)23/h4-8,12H,9-11H2,1-3H3,(H,19,22)(H,20,21,23)/t12-/m1/s1. The Hall–Kier alpha value is -2.43. The topological polar surface area (TPSA) is 74.8 Å². The molecule has 1 amide bonds. The van der Waals surface area contributed by atoms with Gasteiger partial charge in [-0.3, -0.25) is 9.59 Å². The van der Waals surface area contributed by atoms with Crippen molar-refractivity contribution in [1.82, 2.24) is 15.3 Å². The average molecular weight is 313 g/mol. The van der Waals surface area contributed by atoms with Crippen LogP contribution < -0.4 is 10.9 Å². The Bertz CT molecular complexity index is 723. The van der Waals surface area contributed by atoms with Gasteiger partial charge in [-0.25, -0.2) is 4.98 Å². The van der Waals surface area contributed by atoms with Gasteiger partial charge in [0, 0.05) is 17.3 Å². The Balaban J connectivity index is 1.88. The van der Waals surface area contributed by atoms with E-state index in [1.807, 2.05) is 25.1 Å². The minimum absolute atomic E-state index is 0.0560. The van der Waals surface area contributed by atoms with Gasteiger partial charge in [0.05, 0.1) is 6.42 Å². The highest BCUT2D eigenvalue weighted by molar-refractivity contribution is 5.78. The summed E-state index contributed by atoms with van der Waals surface area (Å²) in [4.78, 5) is 30.9. The molecule has 0 aliphatic rings. The van der Waals surface area contributed by atoms with Gasteiger partial charge in [-0.2, -0.15) is 0 Å². The monoisotopic (exact) mass is 313 g/mol. The molecule has 0 aliphatic carbocycles. The van der Waals surface area contributed by atoms with Gasteiger partial charge in [0.2, 0.25) is 5.91 Å². The molecule has 23 heavy (non-hydrogen) atoms. The minimum atomic E-state index is -0.234. The van der Waals surface area contributed by atoms with Gasteiger partial charge in [-0.15, -0.1) is 0 Å². The Morgan fingerprint density at radius 1 is 1.26 bits per heavy atom. The molecule has 2 aromatic rings. The van der Waals surface area contributed by atoms with Crippen molar-refractivity contribution in [2.45, 2.75) is 46.1 Å². The first-order valence-corrected chi connectivity index (χ1v) is 7.85. The molecule has 5 heteroatoms. The number of carbonyl (C=O) groups excluding carboxylic acids is 1. The van der Waals surface area contributed by atoms with Crippen molar-refractivity contribution in [3.63, 3.8) is 0 Å². The summed E-state index contributed by atoms with van der Waals surface area (Å²) in [6.07, 6.45) is 1.83. The summed E-state index contributed by atoms with van der Waals surface area (Å²) in [7, 11) is 0. The highest BCUT2D eigenvalue weighted by atomic mass is 16.2. The van der Waals surface area contributed by atoms with Crippen LogP contribution in [0.5, 0.6) is 0 Å². The zero-order chi connectivity index (χ0) is 16.8. The Kier molecular flexibility index (Phi) is 5.68. The summed E-state index contributed by atoms with van der Waals surface area (Å²) < 4.78 is 0. The lowest BCUT2D eigenvalue weighted by molar-refractivity contribution is -0.121. The molecule has 0 fully saturated rings. The highest BCUT2D eigenvalue weighted by Crippen LogP contribution is 2.05. The Morgan fingerprint density at radius 3 is 2.61 bits per heavy atom. The molecule has 0 unspecified atom stereocenters. The quantitative estimate of drug-likeness (QED) is 0.857. The van der Waals surface area contributed by atoms with Crippen LogP contribution in [0.2, 0.25) is 0 Å². The fraction of sp³-hybridized carbons (Fsp3) is 0.389. The molecule has 0 saturated heterocycles. The van der Waals surface area contributed by atoms with E-state index in [1.54, 1.807) is 13.8 Å². The molecule has 0 aliphatic heterocycles. The van der Waals surface area contributed by atoms with E-state index < -0.39 is 0 Å². The van der Waals surface area contributed by atoms with Crippen molar-refractivity contribution in [2.75, 3.05) is 0 Å². The number of hydrogen-bond donors (Lipinski definition) is 2. The molecule has 0 saturated carbocycles. The number of nitrogens with one attached hydrogen (secondary N) is 2. The number of amides is 1. The lowest BCUT2D eigenvalue weighted by Crippen LogP contribution is -2.35. The number of hydrogen-bond acceptors (Lipinski definition) is 3. The van der Waals surface area contributed by atoms with Gasteiger partial charge in [-0.1, -0.05) is 30.3 Å². The van der Waals surface area contributed by atoms with Gasteiger partial charge in [0.25, 0.3) is 5.56 Å². The number of aryl methyl sites for hydroxylation is 3. The second kappa shape index (κ2) is 7.72. The first-order chi connectivity index (χ1) is 11.0. The van der Waals surface area contributed by atoms with E-state index in [4.69, 9.17) is 0 Å². The third kappa shape index (κ3) is 5.06. The van der Waals surface area contributed by atoms with E-state index in [0.717, 1.165) is 12.8 Å². The number of aromatic nitrogens is 2. The lowest BCUT2D eigenvalue weighted by atomic mass is 10.1. The summed E-state index contributed by atoms with van der Waals surface area (Å²) in [5.74, 6) is 0.415. The first kappa shape index (κ1) is 16.9. The SMILES string of the molecule is Cc1nc(C)c(CC(=O)N[C@H](C)CCc2ccccc2)c(=O)[nH]1. The fourth-order valence-corrected chi connectivity index (χ4v) is 2.55. The van der Waals surface area contributed by atoms with Crippen LogP contribution in [0.15, 0.2) is 35.1 Å². The van der Waals surface area contributed by atoms with E-state index >= 15 is 0 Å². The molecular formula is C18H23N3O2. The third-order valence-corrected chi connectivity index (χ3v) is 3.79. The molecule has 5 nitrogen and oxygen atoms in total. The first-order valence-electron chi connectivity index (χ1n) is 7.85. The van der Waals surface area contributed by atoms with Gasteiger partial charge >= 0.3 is 0 Å². The van der Waals surface area contributed by atoms with E-state index in [9.17, 15) is 9.59 Å². The fourth-order valence-electron chi connectivity index (χ4n) is 2.55. The summed E-state index contributed by atoms with van der Waals surface area (Å²) in [5.41, 5.74) is 2.06. The molecule has 2 rings (SSSR count). The molecule has 1 atom stereocenters. The summed E-state index contributed by atoms with van der Waals surface area (Å²) in [5, 5.41) is 2.95. The van der Waals surface area contributed by atoms with Gasteiger partial charge in [0.1, 0.15) is 5.82 Å². The number of rotatable bonds is 6. The predicted molar refractivity (Wildman–Crippen MR) is 90.4 cm³/mol. The third-order valence-electron chi connectivity index (χ3n) is 3.79. The lowest BCUT2D eigenvalue weighted by Gasteiger charge is -2.14. The number of benzene rings is 1. The summed E-state index contributed by atoms with van der Waals surface area (Å²) in [6.45, 7) is 5.46. The van der Waals surface area contributed by atoms with Crippen LogP contribution in [-0.4, -0.2) is 21.9 Å². The van der Waals surface area contributed by atoms with E-state index in [1.165, 1.54) is 5.56 Å². The van der Waals surface area contributed by atoms with Gasteiger partial charge in [-0.05, 0) is 39.2 Å². The Morgan fingerprint density at radius 2 is 1.96 bits per heavy atom. The maximum Gasteiger partial charge on any atom is 0.254 e. The Labute approximate surface area is 136 Å². The maximum absolute atomic E-state index is 12.1. The number of nitrogens with zero attached hydrogens (tertiary/aromatic N) is 1. The zero-order valence-electron chi connectivity index (χ0n) is 13.8. The van der Waals surface area contributed by atoms with Crippen molar-refractivity contribution in [2.24, 2.45) is 0 Å². The summed E-state index contributed by atoms with van der Waals surface area (Å²) >= 11 is 0. The van der Waals surface area contributed by atoms with Crippen LogP contribution in [0.4, 0.5) is 0 Å². The predicted octanol–water partition coefficient (Wildman–Crippen LogP) is 2.07. The van der Waals surface area contributed by atoms with Crippen molar-refractivity contribution in [1.29, 1.82) is 0 Å². The van der Waals surface area contributed by atoms with Crippen LogP contribution in [0.3, 0.4) is 0 Å². The number of aromatic amines is 1. The molecule has 1 heterocycles. The van der Waals surface area contributed by atoms with Gasteiger partial charge in [0.15, 0.2) is 0 Å². The molecule has 0 radical (unpaired) electrons. The molecule has 0 bridgehead atoms. The van der Waals surface area contributed by atoms with Crippen molar-refractivity contribution in [3.05, 3.63) is 63.3 Å². The largest absolute Gasteiger partial charge is 0.353 e. The van der Waals surface area contributed by atoms with Crippen LogP contribution in [-0.2, 0) is 17.6 Å². The molecule has 1 aromatic carbocycles. The second-order valence-corrected chi connectivity index (χ2v) is 5.88. The molecular weight excluding hydrogens is 290 g/mol. The molecule has 2 N–H and O–H groups in total.